The van der Waals surface area contributed by atoms with Gasteiger partial charge in [0.25, 0.3) is 0 Å². The molecule has 64 heavy (non-hydrogen) atoms. The van der Waals surface area contributed by atoms with Gasteiger partial charge < -0.3 is 14.2 Å². The maximum atomic E-state index is 12.8. The van der Waals surface area contributed by atoms with Crippen molar-refractivity contribution >= 4 is 17.9 Å². The average molecular weight is 901 g/mol. The summed E-state index contributed by atoms with van der Waals surface area (Å²) >= 11 is 0. The molecule has 376 valence electrons. The highest BCUT2D eigenvalue weighted by atomic mass is 16.6. The number of carbonyl (C=O) groups is 3. The molecule has 0 saturated carbocycles. The first-order valence-corrected chi connectivity index (χ1v) is 28.3. The molecule has 1 unspecified atom stereocenters. The molecule has 0 radical (unpaired) electrons. The lowest BCUT2D eigenvalue weighted by atomic mass is 10.0. The minimum Gasteiger partial charge on any atom is -0.462 e. The van der Waals surface area contributed by atoms with Gasteiger partial charge in [-0.05, 0) is 70.6 Å². The number of ether oxygens (including phenoxy) is 3. The molecular weight excluding hydrogens is 793 g/mol. The van der Waals surface area contributed by atoms with Crippen molar-refractivity contribution in [2.24, 2.45) is 0 Å². The van der Waals surface area contributed by atoms with Crippen molar-refractivity contribution in [1.29, 1.82) is 0 Å². The van der Waals surface area contributed by atoms with Crippen LogP contribution in [0.1, 0.15) is 310 Å². The maximum Gasteiger partial charge on any atom is 0.306 e. The molecule has 0 heterocycles. The molecule has 6 heteroatoms. The molecule has 0 aliphatic heterocycles. The predicted octanol–water partition coefficient (Wildman–Crippen LogP) is 18.7. The summed E-state index contributed by atoms with van der Waals surface area (Å²) < 4.78 is 16.8. The molecule has 0 aliphatic rings. The van der Waals surface area contributed by atoms with E-state index in [9.17, 15) is 14.4 Å². The Labute approximate surface area is 398 Å². The van der Waals surface area contributed by atoms with E-state index in [0.29, 0.717) is 19.3 Å². The van der Waals surface area contributed by atoms with Crippen LogP contribution in [0.2, 0.25) is 0 Å². The Morgan fingerprint density at radius 1 is 0.297 bits per heavy atom. The zero-order valence-electron chi connectivity index (χ0n) is 43.1. The molecule has 1 atom stereocenters. The first kappa shape index (κ1) is 61.9. The van der Waals surface area contributed by atoms with Crippen LogP contribution in [-0.4, -0.2) is 37.2 Å². The van der Waals surface area contributed by atoms with Crippen LogP contribution < -0.4 is 0 Å². The van der Waals surface area contributed by atoms with E-state index < -0.39 is 6.10 Å². The molecule has 0 aliphatic carbocycles. The Morgan fingerprint density at radius 2 is 0.516 bits per heavy atom. The Hall–Kier alpha value is -2.11. The van der Waals surface area contributed by atoms with E-state index in [1.807, 2.05) is 0 Å². The summed E-state index contributed by atoms with van der Waals surface area (Å²) in [4.78, 5) is 38.0. The number of carbonyl (C=O) groups excluding carboxylic acids is 3. The third-order valence-electron chi connectivity index (χ3n) is 12.7. The summed E-state index contributed by atoms with van der Waals surface area (Å²) in [5.41, 5.74) is 0. The summed E-state index contributed by atoms with van der Waals surface area (Å²) in [5.74, 6) is -0.874. The van der Waals surface area contributed by atoms with E-state index in [0.717, 1.165) is 70.6 Å². The standard InChI is InChI=1S/C58H108O6/c1-4-7-10-13-16-19-22-25-26-27-28-29-30-31-34-36-39-42-45-48-51-57(60)63-54-55(64-58(61)52-49-46-43-40-37-33-24-21-18-15-12-9-6-3)53-62-56(59)50-47-44-41-38-35-32-23-20-17-14-11-8-5-2/h20-21,23-24,55H,4-19,22,25-54H2,1-3H3/b23-20-,24-21-. The second-order valence-electron chi connectivity index (χ2n) is 19.2. The number of esters is 3. The zero-order chi connectivity index (χ0) is 46.5. The van der Waals surface area contributed by atoms with Gasteiger partial charge in [0.05, 0.1) is 0 Å². The summed E-state index contributed by atoms with van der Waals surface area (Å²) in [6.45, 7) is 6.64. The smallest absolute Gasteiger partial charge is 0.306 e. The van der Waals surface area contributed by atoms with E-state index in [-0.39, 0.29) is 31.1 Å². The second-order valence-corrected chi connectivity index (χ2v) is 19.2. The highest BCUT2D eigenvalue weighted by Crippen LogP contribution is 2.17. The Morgan fingerprint density at radius 3 is 0.797 bits per heavy atom. The van der Waals surface area contributed by atoms with Gasteiger partial charge in [0.15, 0.2) is 6.10 Å². The summed E-state index contributed by atoms with van der Waals surface area (Å²) in [6.07, 6.45) is 61.7. The van der Waals surface area contributed by atoms with Crippen LogP contribution in [0, 0.1) is 0 Å². The molecule has 6 nitrogen and oxygen atoms in total. The zero-order valence-corrected chi connectivity index (χ0v) is 43.1. The van der Waals surface area contributed by atoms with Gasteiger partial charge in [0, 0.05) is 19.3 Å². The third kappa shape index (κ3) is 50.9. The summed E-state index contributed by atoms with van der Waals surface area (Å²) in [6, 6.07) is 0. The first-order chi connectivity index (χ1) is 31.5. The number of rotatable bonds is 52. The predicted molar refractivity (Wildman–Crippen MR) is 275 cm³/mol. The molecular formula is C58H108O6. The van der Waals surface area contributed by atoms with E-state index in [1.165, 1.54) is 199 Å². The van der Waals surface area contributed by atoms with Crippen molar-refractivity contribution in [2.75, 3.05) is 13.2 Å². The number of unbranched alkanes of at least 4 members (excludes halogenated alkanes) is 37. The van der Waals surface area contributed by atoms with Gasteiger partial charge >= 0.3 is 17.9 Å². The van der Waals surface area contributed by atoms with Gasteiger partial charge in [-0.1, -0.05) is 244 Å². The Bertz CT molecular complexity index is 1040. The van der Waals surface area contributed by atoms with Crippen molar-refractivity contribution in [3.8, 4) is 0 Å². The minimum absolute atomic E-state index is 0.0731. The van der Waals surface area contributed by atoms with Crippen LogP contribution in [0.4, 0.5) is 0 Å². The minimum atomic E-state index is -0.774. The quantitative estimate of drug-likeness (QED) is 0.0262. The fraction of sp³-hybridized carbons (Fsp3) is 0.879. The largest absolute Gasteiger partial charge is 0.462 e. The number of hydrogen-bond acceptors (Lipinski definition) is 6. The molecule has 0 saturated heterocycles. The monoisotopic (exact) mass is 901 g/mol. The fourth-order valence-corrected chi connectivity index (χ4v) is 8.37. The molecule has 0 aromatic rings. The first-order valence-electron chi connectivity index (χ1n) is 28.3. The summed E-state index contributed by atoms with van der Waals surface area (Å²) in [7, 11) is 0. The van der Waals surface area contributed by atoms with Gasteiger partial charge in [0.1, 0.15) is 13.2 Å². The number of allylic oxidation sites excluding steroid dienone is 4. The van der Waals surface area contributed by atoms with Gasteiger partial charge in [-0.25, -0.2) is 0 Å². The SMILES string of the molecule is CCCCCC/C=C\CCCCCCCC(=O)OCC(COC(=O)CCCCCCCCCCCCCCCCCCCCCC)OC(=O)CCCCCCC/C=C\CCCCCC. The van der Waals surface area contributed by atoms with E-state index in [4.69, 9.17) is 14.2 Å². The van der Waals surface area contributed by atoms with Crippen LogP contribution >= 0.6 is 0 Å². The molecule has 0 aromatic carbocycles. The van der Waals surface area contributed by atoms with Gasteiger partial charge in [0.2, 0.25) is 0 Å². The van der Waals surface area contributed by atoms with Crippen molar-refractivity contribution in [2.45, 2.75) is 316 Å². The van der Waals surface area contributed by atoms with E-state index in [2.05, 4.69) is 45.1 Å². The number of hydrogen-bond donors (Lipinski definition) is 0. The molecule has 0 N–H and O–H groups in total. The third-order valence-corrected chi connectivity index (χ3v) is 12.7. The highest BCUT2D eigenvalue weighted by molar-refractivity contribution is 5.71. The van der Waals surface area contributed by atoms with E-state index >= 15 is 0 Å². The van der Waals surface area contributed by atoms with Crippen LogP contribution in [0.3, 0.4) is 0 Å². The normalized spacial score (nSPS) is 12.1. The van der Waals surface area contributed by atoms with Crippen molar-refractivity contribution < 1.29 is 28.6 Å². The van der Waals surface area contributed by atoms with Gasteiger partial charge in [-0.3, -0.25) is 14.4 Å². The average Bonchev–Trinajstić information content (AvgIpc) is 3.29. The van der Waals surface area contributed by atoms with Crippen LogP contribution in [0.15, 0.2) is 24.3 Å². The van der Waals surface area contributed by atoms with Crippen LogP contribution in [-0.2, 0) is 28.6 Å². The molecule has 0 spiro atoms. The lowest BCUT2D eigenvalue weighted by molar-refractivity contribution is -0.167. The molecule has 0 rings (SSSR count). The van der Waals surface area contributed by atoms with Crippen molar-refractivity contribution in [1.82, 2.24) is 0 Å². The van der Waals surface area contributed by atoms with E-state index in [1.54, 1.807) is 0 Å². The van der Waals surface area contributed by atoms with Crippen LogP contribution in [0.25, 0.3) is 0 Å². The second kappa shape index (κ2) is 53.5. The molecule has 0 fully saturated rings. The molecule has 0 aromatic heterocycles. The Balaban J connectivity index is 4.28. The van der Waals surface area contributed by atoms with Crippen LogP contribution in [0.5, 0.6) is 0 Å². The van der Waals surface area contributed by atoms with Crippen molar-refractivity contribution in [3.05, 3.63) is 24.3 Å². The Kier molecular flexibility index (Phi) is 51.7. The lowest BCUT2D eigenvalue weighted by Crippen LogP contribution is -2.30. The van der Waals surface area contributed by atoms with Gasteiger partial charge in [-0.15, -0.1) is 0 Å². The topological polar surface area (TPSA) is 78.9 Å². The molecule has 0 amide bonds. The van der Waals surface area contributed by atoms with Crippen molar-refractivity contribution in [3.63, 3.8) is 0 Å². The lowest BCUT2D eigenvalue weighted by Gasteiger charge is -2.18. The highest BCUT2D eigenvalue weighted by Gasteiger charge is 2.19. The summed E-state index contributed by atoms with van der Waals surface area (Å²) in [5, 5.41) is 0. The molecule has 0 bridgehead atoms. The fourth-order valence-electron chi connectivity index (χ4n) is 8.37. The maximum absolute atomic E-state index is 12.8. The van der Waals surface area contributed by atoms with Gasteiger partial charge in [-0.2, -0.15) is 0 Å².